The van der Waals surface area contributed by atoms with Crippen LogP contribution < -0.4 is 16.0 Å². The predicted octanol–water partition coefficient (Wildman–Crippen LogP) is 1.85. The summed E-state index contributed by atoms with van der Waals surface area (Å²) in [6.45, 7) is 2.16. The molecule has 186 valence electrons. The second-order valence-corrected chi connectivity index (χ2v) is 10.8. The molecular formula is C25H32N6O3S. The number of carbonyl (C=O) groups is 3. The van der Waals surface area contributed by atoms with E-state index < -0.39 is 12.0 Å². The Bertz CT molecular complexity index is 1080. The lowest BCUT2D eigenvalue weighted by Crippen LogP contribution is -2.61. The molecule has 0 radical (unpaired) electrons. The highest BCUT2D eigenvalue weighted by atomic mass is 32.1. The molecule has 9 nitrogen and oxygen atoms in total. The van der Waals surface area contributed by atoms with E-state index in [1.165, 1.54) is 30.6 Å². The van der Waals surface area contributed by atoms with Crippen LogP contribution in [0.25, 0.3) is 0 Å². The van der Waals surface area contributed by atoms with E-state index >= 15 is 0 Å². The van der Waals surface area contributed by atoms with Crippen LogP contribution in [0.4, 0.5) is 0 Å². The van der Waals surface area contributed by atoms with E-state index in [0.717, 1.165) is 18.5 Å². The normalized spacial score (nSPS) is 22.4. The number of pyridine rings is 1. The number of hydrogen-bond acceptors (Lipinski definition) is 7. The Morgan fingerprint density at radius 2 is 2.00 bits per heavy atom. The molecule has 1 aliphatic carbocycles. The number of nitrogens with one attached hydrogen (secondary N) is 3. The molecule has 2 aliphatic heterocycles. The van der Waals surface area contributed by atoms with Gasteiger partial charge < -0.3 is 20.9 Å². The SMILES string of the molecule is CNC(=O)C(NC(=O)C1CN(C(=O)c2cncs2)CC12CNC2)c1cccc(C2CCCCC2)n1. The average molecular weight is 497 g/mol. The molecule has 5 rings (SSSR count). The Labute approximate surface area is 209 Å². The number of aromatic nitrogens is 2. The van der Waals surface area contributed by atoms with Gasteiger partial charge in [-0.05, 0) is 25.0 Å². The van der Waals surface area contributed by atoms with Gasteiger partial charge in [-0.15, -0.1) is 11.3 Å². The van der Waals surface area contributed by atoms with Crippen LogP contribution in [-0.4, -0.2) is 65.8 Å². The van der Waals surface area contributed by atoms with Gasteiger partial charge in [-0.2, -0.15) is 0 Å². The first-order valence-electron chi connectivity index (χ1n) is 12.4. The average Bonchev–Trinajstić information content (AvgIpc) is 3.56. The molecule has 35 heavy (non-hydrogen) atoms. The van der Waals surface area contributed by atoms with Gasteiger partial charge >= 0.3 is 0 Å². The zero-order valence-corrected chi connectivity index (χ0v) is 20.8. The summed E-state index contributed by atoms with van der Waals surface area (Å²) in [6, 6.07) is 4.88. The first-order valence-corrected chi connectivity index (χ1v) is 13.3. The molecule has 3 fully saturated rings. The van der Waals surface area contributed by atoms with Crippen molar-refractivity contribution in [3.05, 3.63) is 46.2 Å². The minimum atomic E-state index is -0.882. The molecule has 3 N–H and O–H groups in total. The van der Waals surface area contributed by atoms with Gasteiger partial charge in [0.15, 0.2) is 6.04 Å². The van der Waals surface area contributed by atoms with E-state index in [4.69, 9.17) is 4.98 Å². The summed E-state index contributed by atoms with van der Waals surface area (Å²) in [4.78, 5) is 50.6. The Morgan fingerprint density at radius 3 is 2.66 bits per heavy atom. The van der Waals surface area contributed by atoms with Crippen LogP contribution in [0.15, 0.2) is 29.9 Å². The summed E-state index contributed by atoms with van der Waals surface area (Å²) < 4.78 is 0. The molecule has 0 aromatic carbocycles. The van der Waals surface area contributed by atoms with Crippen LogP contribution in [0.1, 0.15) is 65.1 Å². The third-order valence-electron chi connectivity index (χ3n) is 7.76. The fourth-order valence-electron chi connectivity index (χ4n) is 5.68. The first-order chi connectivity index (χ1) is 17.0. The molecule has 2 unspecified atom stereocenters. The highest BCUT2D eigenvalue weighted by molar-refractivity contribution is 7.11. The molecule has 2 aromatic heterocycles. The topological polar surface area (TPSA) is 116 Å². The third kappa shape index (κ3) is 4.69. The van der Waals surface area contributed by atoms with Gasteiger partial charge in [0.05, 0.1) is 23.3 Å². The molecule has 3 aliphatic rings. The Hall–Kier alpha value is -2.85. The van der Waals surface area contributed by atoms with Crippen LogP contribution >= 0.6 is 11.3 Å². The second-order valence-electron chi connectivity index (χ2n) is 9.95. The number of rotatable bonds is 6. The van der Waals surface area contributed by atoms with Crippen LogP contribution in [0.5, 0.6) is 0 Å². The maximum atomic E-state index is 13.6. The predicted molar refractivity (Wildman–Crippen MR) is 132 cm³/mol. The van der Waals surface area contributed by atoms with Gasteiger partial charge in [-0.1, -0.05) is 25.3 Å². The van der Waals surface area contributed by atoms with E-state index in [-0.39, 0.29) is 23.1 Å². The summed E-state index contributed by atoms with van der Waals surface area (Å²) in [5.41, 5.74) is 2.86. The van der Waals surface area contributed by atoms with Gasteiger partial charge in [-0.25, -0.2) is 0 Å². The van der Waals surface area contributed by atoms with Crippen LogP contribution in [0.3, 0.4) is 0 Å². The minimum Gasteiger partial charge on any atom is -0.357 e. The Balaban J connectivity index is 1.35. The van der Waals surface area contributed by atoms with Crippen molar-refractivity contribution in [3.8, 4) is 0 Å². The molecule has 2 aromatic rings. The summed E-state index contributed by atoms with van der Waals surface area (Å²) in [7, 11) is 1.56. The van der Waals surface area contributed by atoms with Crippen molar-refractivity contribution in [2.45, 2.75) is 44.1 Å². The number of likely N-dealkylation sites (N-methyl/N-ethyl adjacent to an activating group) is 1. The van der Waals surface area contributed by atoms with Crippen molar-refractivity contribution in [2.75, 3.05) is 33.2 Å². The minimum absolute atomic E-state index is 0.0984. The largest absolute Gasteiger partial charge is 0.357 e. The van der Waals surface area contributed by atoms with E-state index in [9.17, 15) is 14.4 Å². The second kappa shape index (κ2) is 10.0. The van der Waals surface area contributed by atoms with Crippen molar-refractivity contribution in [3.63, 3.8) is 0 Å². The fourth-order valence-corrected chi connectivity index (χ4v) is 6.27. The van der Waals surface area contributed by atoms with Gasteiger partial charge in [0.25, 0.3) is 5.91 Å². The number of amides is 3. The molecule has 1 spiro atoms. The molecule has 4 heterocycles. The lowest BCUT2D eigenvalue weighted by molar-refractivity contribution is -0.133. The molecule has 0 bridgehead atoms. The Kier molecular flexibility index (Phi) is 6.84. The highest BCUT2D eigenvalue weighted by Crippen LogP contribution is 2.41. The van der Waals surface area contributed by atoms with Gasteiger partial charge in [-0.3, -0.25) is 24.4 Å². The van der Waals surface area contributed by atoms with Crippen LogP contribution in [-0.2, 0) is 9.59 Å². The highest BCUT2D eigenvalue weighted by Gasteiger charge is 2.55. The van der Waals surface area contributed by atoms with Gasteiger partial charge in [0.2, 0.25) is 11.8 Å². The summed E-state index contributed by atoms with van der Waals surface area (Å²) in [5.74, 6) is -0.629. The number of thiazole rings is 1. The molecule has 2 atom stereocenters. The van der Waals surface area contributed by atoms with Gasteiger partial charge in [0.1, 0.15) is 4.88 Å². The smallest absolute Gasteiger partial charge is 0.265 e. The van der Waals surface area contributed by atoms with E-state index in [2.05, 4.69) is 20.9 Å². The molecule has 3 amide bonds. The van der Waals surface area contributed by atoms with E-state index in [0.29, 0.717) is 42.7 Å². The molecular weight excluding hydrogens is 464 g/mol. The number of nitrogens with zero attached hydrogens (tertiary/aromatic N) is 3. The Morgan fingerprint density at radius 1 is 1.20 bits per heavy atom. The maximum Gasteiger partial charge on any atom is 0.265 e. The van der Waals surface area contributed by atoms with E-state index in [1.54, 1.807) is 29.7 Å². The maximum absolute atomic E-state index is 13.6. The van der Waals surface area contributed by atoms with Crippen LogP contribution in [0.2, 0.25) is 0 Å². The number of likely N-dealkylation sites (tertiary alicyclic amines) is 1. The zero-order chi connectivity index (χ0) is 24.4. The zero-order valence-electron chi connectivity index (χ0n) is 20.0. The molecule has 2 saturated heterocycles. The van der Waals surface area contributed by atoms with Crippen molar-refractivity contribution < 1.29 is 14.4 Å². The van der Waals surface area contributed by atoms with Crippen LogP contribution in [0, 0.1) is 11.3 Å². The number of hydrogen-bond donors (Lipinski definition) is 3. The standard InChI is InChI=1S/C25H32N6O3S/c1-26-23(33)21(19-9-5-8-18(29-19)16-6-3-2-4-7-16)30-22(32)17-11-31(14-25(17)12-28-13-25)24(34)20-10-27-15-35-20/h5,8-10,15-17,21,28H,2-4,6-7,11-14H2,1H3,(H,26,33)(H,30,32). The summed E-state index contributed by atoms with van der Waals surface area (Å²) in [6.07, 6.45) is 7.43. The lowest BCUT2D eigenvalue weighted by atomic mass is 9.72. The summed E-state index contributed by atoms with van der Waals surface area (Å²) in [5, 5.41) is 8.93. The van der Waals surface area contributed by atoms with Gasteiger partial charge in [0, 0.05) is 50.3 Å². The fraction of sp³-hybridized carbons (Fsp3) is 0.560. The molecule has 1 saturated carbocycles. The third-order valence-corrected chi connectivity index (χ3v) is 8.52. The molecule has 10 heteroatoms. The van der Waals surface area contributed by atoms with Crippen molar-refractivity contribution >= 4 is 29.1 Å². The quantitative estimate of drug-likeness (QED) is 0.562. The first kappa shape index (κ1) is 23.9. The lowest BCUT2D eigenvalue weighted by Gasteiger charge is -2.42. The number of carbonyl (C=O) groups excluding carboxylic acids is 3. The summed E-state index contributed by atoms with van der Waals surface area (Å²) >= 11 is 1.30. The van der Waals surface area contributed by atoms with Crippen molar-refractivity contribution in [1.82, 2.24) is 30.8 Å². The monoisotopic (exact) mass is 496 g/mol. The van der Waals surface area contributed by atoms with Crippen molar-refractivity contribution in [2.24, 2.45) is 11.3 Å². The van der Waals surface area contributed by atoms with Crippen molar-refractivity contribution in [1.29, 1.82) is 0 Å². The van der Waals surface area contributed by atoms with E-state index in [1.807, 2.05) is 12.1 Å².